The van der Waals surface area contributed by atoms with Crippen molar-refractivity contribution in [3.8, 4) is 10.8 Å². The van der Waals surface area contributed by atoms with Crippen LogP contribution < -0.4 is 5.32 Å². The molecule has 0 bridgehead atoms. The summed E-state index contributed by atoms with van der Waals surface area (Å²) in [6.07, 6.45) is 2.29. The first-order valence-electron chi connectivity index (χ1n) is 8.23. The number of rotatable bonds is 6. The highest BCUT2D eigenvalue weighted by molar-refractivity contribution is 7.13. The minimum Gasteiger partial charge on any atom is -0.444 e. The van der Waals surface area contributed by atoms with Gasteiger partial charge in [-0.2, -0.15) is 0 Å². The van der Waals surface area contributed by atoms with Gasteiger partial charge in [-0.1, -0.05) is 6.07 Å². The molecule has 1 amide bonds. The summed E-state index contributed by atoms with van der Waals surface area (Å²) in [5.74, 6) is 0.541. The third kappa shape index (κ3) is 4.66. The van der Waals surface area contributed by atoms with Gasteiger partial charge in [0, 0.05) is 26.2 Å². The zero-order valence-corrected chi connectivity index (χ0v) is 14.8. The average Bonchev–Trinajstić information content (AvgIpc) is 3.16. The number of nitrogens with zero attached hydrogens (tertiary/aromatic N) is 2. The van der Waals surface area contributed by atoms with Gasteiger partial charge >= 0.3 is 0 Å². The van der Waals surface area contributed by atoms with Gasteiger partial charge in [-0.3, -0.25) is 9.69 Å². The normalized spacial score (nSPS) is 21.8. The largest absolute Gasteiger partial charge is 0.444 e. The second kappa shape index (κ2) is 7.92. The fraction of sp³-hybridized carbons (Fsp3) is 0.529. The number of hydrogen-bond acceptors (Lipinski definition) is 6. The maximum Gasteiger partial charge on any atom is 0.236 e. The van der Waals surface area contributed by atoms with E-state index in [1.807, 2.05) is 17.5 Å². The van der Waals surface area contributed by atoms with E-state index in [0.717, 1.165) is 24.5 Å². The maximum atomic E-state index is 12.0. The average molecular weight is 349 g/mol. The summed E-state index contributed by atoms with van der Waals surface area (Å²) in [4.78, 5) is 19.7. The van der Waals surface area contributed by atoms with Crippen molar-refractivity contribution in [3.05, 3.63) is 29.5 Å². The molecule has 1 N–H and O–H groups in total. The van der Waals surface area contributed by atoms with Crippen molar-refractivity contribution in [2.45, 2.75) is 32.5 Å². The van der Waals surface area contributed by atoms with E-state index >= 15 is 0 Å². The minimum absolute atomic E-state index is 0.0321. The van der Waals surface area contributed by atoms with Crippen LogP contribution in [0.25, 0.3) is 10.8 Å². The van der Waals surface area contributed by atoms with Crippen LogP contribution in [0, 0.1) is 0 Å². The Morgan fingerprint density at radius 3 is 2.92 bits per heavy atom. The van der Waals surface area contributed by atoms with Crippen molar-refractivity contribution in [2.75, 3.05) is 26.2 Å². The molecule has 0 aliphatic carbocycles. The standard InChI is InChI=1S/C17H23N3O3S/c1-12-9-20(10-13(2)23-12)6-5-18-16(21)8-14-11-22-17(19-14)15-4-3-7-24-15/h3-4,7,11-13H,5-6,8-10H2,1-2H3,(H,18,21)/t12-,13-/m0/s1. The molecule has 3 heterocycles. The maximum absolute atomic E-state index is 12.0. The molecule has 0 spiro atoms. The number of amides is 1. The van der Waals surface area contributed by atoms with Crippen LogP contribution in [-0.4, -0.2) is 54.2 Å². The van der Waals surface area contributed by atoms with E-state index in [9.17, 15) is 4.79 Å². The topological polar surface area (TPSA) is 67.6 Å². The lowest BCUT2D eigenvalue weighted by Gasteiger charge is -2.35. The Balaban J connectivity index is 1.41. The summed E-state index contributed by atoms with van der Waals surface area (Å²) in [5.41, 5.74) is 0.657. The van der Waals surface area contributed by atoms with Crippen LogP contribution in [0.1, 0.15) is 19.5 Å². The number of ether oxygens (including phenoxy) is 1. The van der Waals surface area contributed by atoms with Crippen molar-refractivity contribution < 1.29 is 13.9 Å². The molecule has 2 aromatic rings. The van der Waals surface area contributed by atoms with Gasteiger partial charge in [0.25, 0.3) is 0 Å². The monoisotopic (exact) mass is 349 g/mol. The SMILES string of the molecule is C[C@H]1CN(CCNC(=O)Cc2coc(-c3cccs3)n2)C[C@H](C)O1. The van der Waals surface area contributed by atoms with Gasteiger partial charge in [-0.15, -0.1) is 11.3 Å². The van der Waals surface area contributed by atoms with Gasteiger partial charge in [0.15, 0.2) is 0 Å². The molecule has 24 heavy (non-hydrogen) atoms. The van der Waals surface area contributed by atoms with Gasteiger partial charge in [-0.05, 0) is 25.3 Å². The highest BCUT2D eigenvalue weighted by Gasteiger charge is 2.21. The fourth-order valence-electron chi connectivity index (χ4n) is 2.95. The number of oxazole rings is 1. The smallest absolute Gasteiger partial charge is 0.236 e. The van der Waals surface area contributed by atoms with Gasteiger partial charge in [0.05, 0.1) is 29.2 Å². The van der Waals surface area contributed by atoms with Crippen LogP contribution in [0.15, 0.2) is 28.2 Å². The van der Waals surface area contributed by atoms with E-state index in [-0.39, 0.29) is 24.5 Å². The van der Waals surface area contributed by atoms with Crippen LogP contribution in [0.5, 0.6) is 0 Å². The lowest BCUT2D eigenvalue weighted by Crippen LogP contribution is -2.48. The van der Waals surface area contributed by atoms with Gasteiger partial charge < -0.3 is 14.5 Å². The number of thiophene rings is 1. The first-order valence-corrected chi connectivity index (χ1v) is 9.11. The predicted molar refractivity (Wildman–Crippen MR) is 93.0 cm³/mol. The number of hydrogen-bond donors (Lipinski definition) is 1. The fourth-order valence-corrected chi connectivity index (χ4v) is 3.60. The number of aromatic nitrogens is 1. The van der Waals surface area contributed by atoms with Crippen molar-refractivity contribution in [1.82, 2.24) is 15.2 Å². The van der Waals surface area contributed by atoms with E-state index in [2.05, 4.69) is 29.0 Å². The Bertz CT molecular complexity index is 646. The highest BCUT2D eigenvalue weighted by atomic mass is 32.1. The molecule has 1 fully saturated rings. The molecule has 2 atom stereocenters. The van der Waals surface area contributed by atoms with Crippen molar-refractivity contribution >= 4 is 17.2 Å². The molecule has 3 rings (SSSR count). The third-order valence-electron chi connectivity index (χ3n) is 3.87. The van der Waals surface area contributed by atoms with E-state index in [1.54, 1.807) is 17.6 Å². The zero-order chi connectivity index (χ0) is 16.9. The van der Waals surface area contributed by atoms with E-state index in [1.165, 1.54) is 0 Å². The van der Waals surface area contributed by atoms with Gasteiger partial charge in [0.2, 0.25) is 11.8 Å². The Hall–Kier alpha value is -1.70. The van der Waals surface area contributed by atoms with Gasteiger partial charge in [0.1, 0.15) is 6.26 Å². The van der Waals surface area contributed by atoms with Gasteiger partial charge in [-0.25, -0.2) is 4.98 Å². The van der Waals surface area contributed by atoms with Crippen molar-refractivity contribution in [1.29, 1.82) is 0 Å². The molecular formula is C17H23N3O3S. The third-order valence-corrected chi connectivity index (χ3v) is 4.73. The Morgan fingerprint density at radius 1 is 1.42 bits per heavy atom. The summed E-state index contributed by atoms with van der Waals surface area (Å²) in [5, 5.41) is 4.92. The highest BCUT2D eigenvalue weighted by Crippen LogP contribution is 2.23. The zero-order valence-electron chi connectivity index (χ0n) is 14.0. The molecule has 1 saturated heterocycles. The summed E-state index contributed by atoms with van der Waals surface area (Å²) in [7, 11) is 0. The summed E-state index contributed by atoms with van der Waals surface area (Å²) in [6.45, 7) is 7.45. The quantitative estimate of drug-likeness (QED) is 0.866. The number of carbonyl (C=O) groups excluding carboxylic acids is 1. The lowest BCUT2D eigenvalue weighted by atomic mass is 10.2. The molecular weight excluding hydrogens is 326 g/mol. The van der Waals surface area contributed by atoms with Crippen LogP contribution in [0.4, 0.5) is 0 Å². The minimum atomic E-state index is -0.0321. The van der Waals surface area contributed by atoms with E-state index in [4.69, 9.17) is 9.15 Å². The van der Waals surface area contributed by atoms with Crippen LogP contribution in [0.2, 0.25) is 0 Å². The van der Waals surface area contributed by atoms with Crippen LogP contribution in [0.3, 0.4) is 0 Å². The van der Waals surface area contributed by atoms with E-state index in [0.29, 0.717) is 18.1 Å². The second-order valence-electron chi connectivity index (χ2n) is 6.16. The molecule has 7 heteroatoms. The molecule has 2 aromatic heterocycles. The molecule has 6 nitrogen and oxygen atoms in total. The van der Waals surface area contributed by atoms with Crippen LogP contribution in [-0.2, 0) is 16.0 Å². The molecule has 1 aliphatic heterocycles. The predicted octanol–water partition coefficient (Wildman–Crippen LogP) is 2.17. The molecule has 0 aromatic carbocycles. The first-order chi connectivity index (χ1) is 11.6. The molecule has 130 valence electrons. The molecule has 1 aliphatic rings. The summed E-state index contributed by atoms with van der Waals surface area (Å²) < 4.78 is 11.1. The molecule has 0 unspecified atom stereocenters. The second-order valence-corrected chi connectivity index (χ2v) is 7.11. The molecule has 0 radical (unpaired) electrons. The number of carbonyl (C=O) groups is 1. The summed E-state index contributed by atoms with van der Waals surface area (Å²) in [6, 6.07) is 3.90. The number of morpholine rings is 1. The molecule has 0 saturated carbocycles. The Labute approximate surface area is 145 Å². The van der Waals surface area contributed by atoms with E-state index < -0.39 is 0 Å². The van der Waals surface area contributed by atoms with Crippen molar-refractivity contribution in [2.24, 2.45) is 0 Å². The summed E-state index contributed by atoms with van der Waals surface area (Å²) >= 11 is 1.57. The van der Waals surface area contributed by atoms with Crippen molar-refractivity contribution in [3.63, 3.8) is 0 Å². The Kier molecular flexibility index (Phi) is 5.65. The number of nitrogens with one attached hydrogen (secondary N) is 1. The lowest BCUT2D eigenvalue weighted by molar-refractivity contribution is -0.120. The Morgan fingerprint density at radius 2 is 2.21 bits per heavy atom. The first kappa shape index (κ1) is 17.1. The van der Waals surface area contributed by atoms with Crippen LogP contribution >= 0.6 is 11.3 Å².